The monoisotopic (exact) mass is 325 g/mol. The van der Waals surface area contributed by atoms with E-state index in [1.807, 2.05) is 36.4 Å². The first-order valence-electron chi connectivity index (χ1n) is 6.54. The van der Waals surface area contributed by atoms with Crippen LogP contribution in [-0.4, -0.2) is 20.3 Å². The lowest BCUT2D eigenvalue weighted by Crippen LogP contribution is -2.14. The van der Waals surface area contributed by atoms with Crippen molar-refractivity contribution in [2.45, 2.75) is 6.04 Å². The fourth-order valence-corrected chi connectivity index (χ4v) is 2.58. The summed E-state index contributed by atoms with van der Waals surface area (Å²) >= 11 is 12.1. The Bertz CT molecular complexity index is 584. The second-order valence-corrected chi connectivity index (χ2v) is 5.43. The smallest absolute Gasteiger partial charge is 0.124 e. The third kappa shape index (κ3) is 4.35. The quantitative estimate of drug-likeness (QED) is 0.814. The summed E-state index contributed by atoms with van der Waals surface area (Å²) in [5.41, 5.74) is 8.05. The van der Waals surface area contributed by atoms with E-state index < -0.39 is 0 Å². The number of rotatable bonds is 6. The van der Waals surface area contributed by atoms with E-state index in [1.165, 1.54) is 0 Å². The molecule has 5 heteroatoms. The Morgan fingerprint density at radius 3 is 2.38 bits per heavy atom. The molecule has 2 rings (SSSR count). The van der Waals surface area contributed by atoms with E-state index in [1.54, 1.807) is 13.2 Å². The van der Waals surface area contributed by atoms with Gasteiger partial charge in [-0.1, -0.05) is 41.4 Å². The number of nitrogens with two attached hydrogens (primary N) is 1. The van der Waals surface area contributed by atoms with Gasteiger partial charge in [-0.25, -0.2) is 0 Å². The predicted molar refractivity (Wildman–Crippen MR) is 86.3 cm³/mol. The van der Waals surface area contributed by atoms with Crippen LogP contribution in [0.4, 0.5) is 0 Å². The van der Waals surface area contributed by atoms with Gasteiger partial charge in [0.25, 0.3) is 0 Å². The van der Waals surface area contributed by atoms with Gasteiger partial charge in [-0.15, -0.1) is 0 Å². The van der Waals surface area contributed by atoms with Crippen molar-refractivity contribution in [2.75, 3.05) is 20.3 Å². The van der Waals surface area contributed by atoms with E-state index in [9.17, 15) is 0 Å². The molecule has 0 aliphatic rings. The van der Waals surface area contributed by atoms with Crippen molar-refractivity contribution < 1.29 is 9.47 Å². The van der Waals surface area contributed by atoms with Crippen LogP contribution in [0, 0.1) is 0 Å². The molecule has 3 nitrogen and oxygen atoms in total. The molecule has 0 amide bonds. The van der Waals surface area contributed by atoms with E-state index >= 15 is 0 Å². The first-order valence-corrected chi connectivity index (χ1v) is 7.29. The van der Waals surface area contributed by atoms with Crippen molar-refractivity contribution in [1.29, 1.82) is 0 Å². The summed E-state index contributed by atoms with van der Waals surface area (Å²) in [5.74, 6) is 0.734. The minimum atomic E-state index is -0.361. The Morgan fingerprint density at radius 2 is 1.71 bits per heavy atom. The van der Waals surface area contributed by atoms with Gasteiger partial charge in [0, 0.05) is 22.7 Å². The highest BCUT2D eigenvalue weighted by atomic mass is 35.5. The molecular formula is C16H17Cl2NO2. The van der Waals surface area contributed by atoms with Crippen LogP contribution in [0.5, 0.6) is 5.75 Å². The Kier molecular flexibility index (Phi) is 5.88. The van der Waals surface area contributed by atoms with Gasteiger partial charge in [-0.2, -0.15) is 0 Å². The summed E-state index contributed by atoms with van der Waals surface area (Å²) in [7, 11) is 1.63. The first kappa shape index (κ1) is 16.1. The Balaban J connectivity index is 2.27. The Hall–Kier alpha value is -1.26. The number of hydrogen-bond acceptors (Lipinski definition) is 3. The van der Waals surface area contributed by atoms with Crippen LogP contribution in [0.15, 0.2) is 42.5 Å². The molecule has 0 spiro atoms. The van der Waals surface area contributed by atoms with Gasteiger partial charge in [0.1, 0.15) is 12.4 Å². The van der Waals surface area contributed by atoms with Crippen LogP contribution in [0.25, 0.3) is 0 Å². The maximum absolute atomic E-state index is 6.33. The molecule has 0 aliphatic heterocycles. The molecular weight excluding hydrogens is 309 g/mol. The van der Waals surface area contributed by atoms with Crippen molar-refractivity contribution in [3.63, 3.8) is 0 Å². The maximum atomic E-state index is 6.33. The minimum absolute atomic E-state index is 0.361. The fourth-order valence-electron chi connectivity index (χ4n) is 2.04. The number of benzene rings is 2. The number of para-hydroxylation sites is 1. The third-order valence-corrected chi connectivity index (χ3v) is 3.48. The lowest BCUT2D eigenvalue weighted by atomic mass is 9.99. The SMILES string of the molecule is COCCOc1ccccc1C(N)c1cc(Cl)cc(Cl)c1. The second kappa shape index (κ2) is 7.66. The van der Waals surface area contributed by atoms with Crippen molar-refractivity contribution in [2.24, 2.45) is 5.73 Å². The number of halogens is 2. The zero-order chi connectivity index (χ0) is 15.2. The summed E-state index contributed by atoms with van der Waals surface area (Å²) in [6.45, 7) is 0.989. The first-order chi connectivity index (χ1) is 10.1. The molecule has 0 heterocycles. The largest absolute Gasteiger partial charge is 0.491 e. The summed E-state index contributed by atoms with van der Waals surface area (Å²) in [6.07, 6.45) is 0. The van der Waals surface area contributed by atoms with E-state index in [0.29, 0.717) is 23.3 Å². The second-order valence-electron chi connectivity index (χ2n) is 4.56. The molecule has 1 unspecified atom stereocenters. The van der Waals surface area contributed by atoms with Gasteiger partial charge < -0.3 is 15.2 Å². The zero-order valence-corrected chi connectivity index (χ0v) is 13.2. The van der Waals surface area contributed by atoms with Gasteiger partial charge in [0.15, 0.2) is 0 Å². The molecule has 0 saturated carbocycles. The topological polar surface area (TPSA) is 44.5 Å². The van der Waals surface area contributed by atoms with Crippen LogP contribution in [-0.2, 0) is 4.74 Å². The lowest BCUT2D eigenvalue weighted by Gasteiger charge is -2.18. The normalized spacial score (nSPS) is 12.2. The zero-order valence-electron chi connectivity index (χ0n) is 11.7. The lowest BCUT2D eigenvalue weighted by molar-refractivity contribution is 0.145. The molecule has 0 bridgehead atoms. The third-order valence-electron chi connectivity index (χ3n) is 3.04. The van der Waals surface area contributed by atoms with Crippen LogP contribution >= 0.6 is 23.2 Å². The molecule has 0 aromatic heterocycles. The molecule has 21 heavy (non-hydrogen) atoms. The Labute approximate surface area is 134 Å². The van der Waals surface area contributed by atoms with Gasteiger partial charge in [0.05, 0.1) is 12.6 Å². The average molecular weight is 326 g/mol. The molecule has 0 saturated heterocycles. The maximum Gasteiger partial charge on any atom is 0.124 e. The van der Waals surface area contributed by atoms with Crippen LogP contribution < -0.4 is 10.5 Å². The van der Waals surface area contributed by atoms with Gasteiger partial charge in [-0.05, 0) is 29.8 Å². The van der Waals surface area contributed by atoms with Crippen LogP contribution in [0.2, 0.25) is 10.0 Å². The summed E-state index contributed by atoms with van der Waals surface area (Å²) in [5, 5.41) is 1.12. The van der Waals surface area contributed by atoms with Crippen LogP contribution in [0.1, 0.15) is 17.2 Å². The average Bonchev–Trinajstić information content (AvgIpc) is 2.46. The van der Waals surface area contributed by atoms with Crippen LogP contribution in [0.3, 0.4) is 0 Å². The molecule has 0 fully saturated rings. The molecule has 0 aliphatic carbocycles. The standard InChI is InChI=1S/C16H17Cl2NO2/c1-20-6-7-21-15-5-3-2-4-14(15)16(19)11-8-12(17)10-13(18)9-11/h2-5,8-10,16H,6-7,19H2,1H3. The summed E-state index contributed by atoms with van der Waals surface area (Å²) in [4.78, 5) is 0. The summed E-state index contributed by atoms with van der Waals surface area (Å²) < 4.78 is 10.7. The van der Waals surface area contributed by atoms with Gasteiger partial charge in [0.2, 0.25) is 0 Å². The van der Waals surface area contributed by atoms with Crippen molar-refractivity contribution in [1.82, 2.24) is 0 Å². The summed E-state index contributed by atoms with van der Waals surface area (Å²) in [6, 6.07) is 12.6. The highest BCUT2D eigenvalue weighted by Crippen LogP contribution is 2.31. The van der Waals surface area contributed by atoms with Gasteiger partial charge >= 0.3 is 0 Å². The highest BCUT2D eigenvalue weighted by Gasteiger charge is 2.15. The van der Waals surface area contributed by atoms with E-state index in [2.05, 4.69) is 0 Å². The Morgan fingerprint density at radius 1 is 1.05 bits per heavy atom. The number of methoxy groups -OCH3 is 1. The molecule has 1 atom stereocenters. The predicted octanol–water partition coefficient (Wildman–Crippen LogP) is 4.07. The van der Waals surface area contributed by atoms with E-state index in [4.69, 9.17) is 38.4 Å². The number of hydrogen-bond donors (Lipinski definition) is 1. The molecule has 0 radical (unpaired) electrons. The van der Waals surface area contributed by atoms with Crippen molar-refractivity contribution >= 4 is 23.2 Å². The van der Waals surface area contributed by atoms with Crippen molar-refractivity contribution in [3.05, 3.63) is 63.6 Å². The van der Waals surface area contributed by atoms with Crippen molar-refractivity contribution in [3.8, 4) is 5.75 Å². The molecule has 2 aromatic rings. The molecule has 2 N–H and O–H groups in total. The number of ether oxygens (including phenoxy) is 2. The molecule has 2 aromatic carbocycles. The fraction of sp³-hybridized carbons (Fsp3) is 0.250. The molecule has 112 valence electrons. The van der Waals surface area contributed by atoms with Gasteiger partial charge in [-0.3, -0.25) is 0 Å². The minimum Gasteiger partial charge on any atom is -0.491 e. The van der Waals surface area contributed by atoms with E-state index in [-0.39, 0.29) is 6.04 Å². The van der Waals surface area contributed by atoms with E-state index in [0.717, 1.165) is 16.9 Å². The highest BCUT2D eigenvalue weighted by molar-refractivity contribution is 6.34.